The minimum atomic E-state index is 0.956. The van der Waals surface area contributed by atoms with Gasteiger partial charge in [-0.15, -0.1) is 0 Å². The van der Waals surface area contributed by atoms with Crippen molar-refractivity contribution in [3.05, 3.63) is 69.4 Å². The predicted molar refractivity (Wildman–Crippen MR) is 74.9 cm³/mol. The maximum Gasteiger partial charge on any atom is 0.0495 e. The van der Waals surface area contributed by atoms with Crippen molar-refractivity contribution in [1.82, 2.24) is 4.90 Å². The van der Waals surface area contributed by atoms with E-state index in [4.69, 9.17) is 0 Å². The molecule has 4 rings (SSSR count). The second kappa shape index (κ2) is 3.61. The van der Waals surface area contributed by atoms with Gasteiger partial charge in [0.2, 0.25) is 0 Å². The second-order valence-corrected chi connectivity index (χ2v) is 4.73. The Labute approximate surface area is 105 Å². The Morgan fingerprint density at radius 1 is 0.778 bits per heavy atom. The summed E-state index contributed by atoms with van der Waals surface area (Å²) in [5.41, 5.74) is 1.31. The van der Waals surface area contributed by atoms with Crippen LogP contribution in [0.1, 0.15) is 0 Å². The Bertz CT molecular complexity index is 859. The molecule has 18 heavy (non-hydrogen) atoms. The van der Waals surface area contributed by atoms with Crippen molar-refractivity contribution in [3.8, 4) is 0 Å². The van der Waals surface area contributed by atoms with Crippen LogP contribution in [0.2, 0.25) is 0 Å². The number of fused-ring (bicyclic) bond motifs is 3. The minimum Gasteiger partial charge on any atom is -0.343 e. The number of nitrogens with zero attached hydrogens (tertiary/aromatic N) is 1. The average molecular weight is 231 g/mol. The molecule has 1 nitrogen and oxygen atoms in total. The molecular weight excluding hydrogens is 218 g/mol. The predicted octanol–water partition coefficient (Wildman–Crippen LogP) is 0.123. The van der Waals surface area contributed by atoms with Crippen LogP contribution in [-0.4, -0.2) is 11.4 Å². The first-order valence-corrected chi connectivity index (χ1v) is 6.27. The third kappa shape index (κ3) is 1.34. The third-order valence-corrected chi connectivity index (χ3v) is 3.64. The molecule has 2 aromatic rings. The highest BCUT2D eigenvalue weighted by molar-refractivity contribution is 5.80. The third-order valence-electron chi connectivity index (χ3n) is 3.64. The molecular formula is C17H13N. The second-order valence-electron chi connectivity index (χ2n) is 4.73. The highest BCUT2D eigenvalue weighted by Crippen LogP contribution is 2.10. The van der Waals surface area contributed by atoms with Crippen molar-refractivity contribution in [2.75, 3.05) is 6.54 Å². The van der Waals surface area contributed by atoms with Gasteiger partial charge in [0.05, 0.1) is 0 Å². The van der Waals surface area contributed by atoms with Crippen LogP contribution in [-0.2, 0) is 0 Å². The molecule has 2 aromatic carbocycles. The summed E-state index contributed by atoms with van der Waals surface area (Å²) in [4.78, 5) is 2.32. The molecule has 1 heteroatoms. The van der Waals surface area contributed by atoms with Gasteiger partial charge < -0.3 is 4.90 Å². The fourth-order valence-electron chi connectivity index (χ4n) is 2.72. The summed E-state index contributed by atoms with van der Waals surface area (Å²) in [6, 6.07) is 17.1. The van der Waals surface area contributed by atoms with E-state index in [9.17, 15) is 0 Å². The van der Waals surface area contributed by atoms with Crippen LogP contribution in [0.15, 0.2) is 48.5 Å². The lowest BCUT2D eigenvalue weighted by molar-refractivity contribution is 0.652. The summed E-state index contributed by atoms with van der Waals surface area (Å²) in [6.45, 7) is 0.956. The zero-order chi connectivity index (χ0) is 11.9. The summed E-state index contributed by atoms with van der Waals surface area (Å²) >= 11 is 0. The van der Waals surface area contributed by atoms with Crippen LogP contribution in [0.5, 0.6) is 0 Å². The van der Waals surface area contributed by atoms with E-state index in [2.05, 4.69) is 71.8 Å². The van der Waals surface area contributed by atoms with E-state index in [0.29, 0.717) is 0 Å². The summed E-state index contributed by atoms with van der Waals surface area (Å²) in [5, 5.41) is 5.27. The van der Waals surface area contributed by atoms with Crippen LogP contribution in [0.3, 0.4) is 0 Å². The summed E-state index contributed by atoms with van der Waals surface area (Å²) in [7, 11) is 0. The molecule has 0 saturated heterocycles. The largest absolute Gasteiger partial charge is 0.343 e. The number of hydrogen-bond donors (Lipinski definition) is 0. The topological polar surface area (TPSA) is 3.24 Å². The van der Waals surface area contributed by atoms with Crippen LogP contribution < -0.4 is 20.9 Å². The fourth-order valence-corrected chi connectivity index (χ4v) is 2.72. The first kappa shape index (κ1) is 9.72. The van der Waals surface area contributed by atoms with Gasteiger partial charge in [-0.05, 0) is 21.7 Å². The van der Waals surface area contributed by atoms with Gasteiger partial charge >= 0.3 is 0 Å². The molecule has 0 aliphatic carbocycles. The molecule has 0 bridgehead atoms. The van der Waals surface area contributed by atoms with Crippen molar-refractivity contribution < 1.29 is 0 Å². The molecule has 0 radical (unpaired) electrons. The fraction of sp³-hybridized carbons (Fsp3) is 0.0588. The van der Waals surface area contributed by atoms with Gasteiger partial charge in [-0.25, -0.2) is 0 Å². The van der Waals surface area contributed by atoms with E-state index in [1.165, 1.54) is 26.6 Å². The van der Waals surface area contributed by atoms with E-state index in [1.807, 2.05) is 0 Å². The van der Waals surface area contributed by atoms with Gasteiger partial charge in [0.15, 0.2) is 0 Å². The number of rotatable bonds is 0. The summed E-state index contributed by atoms with van der Waals surface area (Å²) < 4.78 is 0. The standard InChI is InChI=1S/C17H13N/c1-2-7-15-12-18-10-9-13-5-3-4-8-16(13)17(18)11-14(15)6-1/h1-9,11-12H,10H2. The van der Waals surface area contributed by atoms with E-state index in [1.54, 1.807) is 0 Å². The van der Waals surface area contributed by atoms with Crippen LogP contribution in [0, 0.1) is 0 Å². The van der Waals surface area contributed by atoms with Gasteiger partial charge in [-0.2, -0.15) is 0 Å². The molecule has 0 amide bonds. The smallest absolute Gasteiger partial charge is 0.0495 e. The molecule has 86 valence electrons. The lowest BCUT2D eigenvalue weighted by atomic mass is 10.1. The van der Waals surface area contributed by atoms with Gasteiger partial charge in [-0.1, -0.05) is 54.6 Å². The lowest BCUT2D eigenvalue weighted by Gasteiger charge is -2.25. The maximum atomic E-state index is 2.32. The number of hydrogen-bond acceptors (Lipinski definition) is 1. The van der Waals surface area contributed by atoms with E-state index in [-0.39, 0.29) is 0 Å². The molecule has 2 heterocycles. The van der Waals surface area contributed by atoms with Crippen LogP contribution >= 0.6 is 0 Å². The Hall–Kier alpha value is -2.28. The van der Waals surface area contributed by atoms with Crippen molar-refractivity contribution in [1.29, 1.82) is 0 Å². The Balaban J connectivity index is 2.17. The van der Waals surface area contributed by atoms with Crippen molar-refractivity contribution in [3.63, 3.8) is 0 Å². The first-order chi connectivity index (χ1) is 8.92. The highest BCUT2D eigenvalue weighted by Gasteiger charge is 2.11. The molecule has 0 saturated carbocycles. The summed E-state index contributed by atoms with van der Waals surface area (Å²) in [6.07, 6.45) is 6.83. The Morgan fingerprint density at radius 2 is 1.50 bits per heavy atom. The SMILES string of the molecule is C1=c2ccccc2=CN2CC=c3ccccc3=C12. The van der Waals surface area contributed by atoms with Gasteiger partial charge in [0.25, 0.3) is 0 Å². The molecule has 0 aromatic heterocycles. The first-order valence-electron chi connectivity index (χ1n) is 6.27. The van der Waals surface area contributed by atoms with Gasteiger partial charge in [0.1, 0.15) is 0 Å². The molecule has 0 atom stereocenters. The lowest BCUT2D eigenvalue weighted by Crippen LogP contribution is -2.42. The minimum absolute atomic E-state index is 0.956. The Morgan fingerprint density at radius 3 is 2.39 bits per heavy atom. The Kier molecular flexibility index (Phi) is 1.95. The normalized spacial score (nSPS) is 15.6. The molecule has 2 aliphatic rings. The van der Waals surface area contributed by atoms with Crippen molar-refractivity contribution in [2.45, 2.75) is 0 Å². The monoisotopic (exact) mass is 231 g/mol. The quantitative estimate of drug-likeness (QED) is 0.623. The van der Waals surface area contributed by atoms with Gasteiger partial charge in [0, 0.05) is 23.7 Å². The molecule has 0 N–H and O–H groups in total. The molecule has 2 aliphatic heterocycles. The van der Waals surface area contributed by atoms with E-state index >= 15 is 0 Å². The summed E-state index contributed by atoms with van der Waals surface area (Å²) in [5.74, 6) is 0. The van der Waals surface area contributed by atoms with E-state index in [0.717, 1.165) is 6.54 Å². The zero-order valence-electron chi connectivity index (χ0n) is 10.0. The zero-order valence-corrected chi connectivity index (χ0v) is 10.0. The van der Waals surface area contributed by atoms with Crippen LogP contribution in [0.4, 0.5) is 0 Å². The average Bonchev–Trinajstić information content (AvgIpc) is 2.45. The van der Waals surface area contributed by atoms with Crippen molar-refractivity contribution in [2.24, 2.45) is 0 Å². The highest BCUT2D eigenvalue weighted by atomic mass is 15.1. The molecule has 0 spiro atoms. The number of benzene rings is 2. The van der Waals surface area contributed by atoms with E-state index < -0.39 is 0 Å². The van der Waals surface area contributed by atoms with Crippen LogP contribution in [0.25, 0.3) is 24.0 Å². The van der Waals surface area contributed by atoms with Gasteiger partial charge in [-0.3, -0.25) is 0 Å². The van der Waals surface area contributed by atoms with Crippen molar-refractivity contribution >= 4 is 24.0 Å². The molecule has 0 unspecified atom stereocenters. The molecule has 0 fully saturated rings. The maximum absolute atomic E-state index is 2.32.